The molecule has 2 aliphatic heterocycles. The number of likely N-dealkylation sites (tertiary alicyclic amines) is 1. The van der Waals surface area contributed by atoms with Crippen LogP contribution >= 0.6 is 0 Å². The summed E-state index contributed by atoms with van der Waals surface area (Å²) in [6.45, 7) is 3.81. The number of amides is 1. The molecular formula is C17H21N5O. The SMILES string of the molecule is O=C(c1n[nH]nc1-c1ccccc1)N1CCC2(CCNC2)CC1. The Labute approximate surface area is 135 Å². The molecule has 6 heteroatoms. The maximum atomic E-state index is 12.8. The van der Waals surface area contributed by atoms with Crippen molar-refractivity contribution < 1.29 is 4.79 Å². The van der Waals surface area contributed by atoms with E-state index in [4.69, 9.17) is 0 Å². The summed E-state index contributed by atoms with van der Waals surface area (Å²) in [4.78, 5) is 14.8. The summed E-state index contributed by atoms with van der Waals surface area (Å²) < 4.78 is 0. The van der Waals surface area contributed by atoms with Gasteiger partial charge in [-0.15, -0.1) is 0 Å². The van der Waals surface area contributed by atoms with Crippen molar-refractivity contribution in [3.05, 3.63) is 36.0 Å². The molecule has 0 atom stereocenters. The lowest BCUT2D eigenvalue weighted by molar-refractivity contribution is 0.0602. The fraction of sp³-hybridized carbons (Fsp3) is 0.471. The van der Waals surface area contributed by atoms with Crippen molar-refractivity contribution in [1.29, 1.82) is 0 Å². The van der Waals surface area contributed by atoms with Gasteiger partial charge < -0.3 is 10.2 Å². The zero-order chi connectivity index (χ0) is 15.7. The van der Waals surface area contributed by atoms with Crippen molar-refractivity contribution in [2.24, 2.45) is 5.41 Å². The van der Waals surface area contributed by atoms with Crippen molar-refractivity contribution in [2.75, 3.05) is 26.2 Å². The van der Waals surface area contributed by atoms with Crippen molar-refractivity contribution in [3.8, 4) is 11.3 Å². The Bertz CT molecular complexity index is 680. The third-order valence-corrected chi connectivity index (χ3v) is 5.24. The van der Waals surface area contributed by atoms with E-state index in [1.165, 1.54) is 6.42 Å². The Morgan fingerprint density at radius 3 is 2.57 bits per heavy atom. The number of carbonyl (C=O) groups excluding carboxylic acids is 1. The van der Waals surface area contributed by atoms with Crippen LogP contribution in [-0.2, 0) is 0 Å². The van der Waals surface area contributed by atoms with Gasteiger partial charge >= 0.3 is 0 Å². The lowest BCUT2D eigenvalue weighted by Gasteiger charge is -2.38. The summed E-state index contributed by atoms with van der Waals surface area (Å²) >= 11 is 0. The second-order valence-corrected chi connectivity index (χ2v) is 6.61. The lowest BCUT2D eigenvalue weighted by atomic mass is 9.78. The third-order valence-electron chi connectivity index (χ3n) is 5.24. The second-order valence-electron chi connectivity index (χ2n) is 6.61. The fourth-order valence-electron chi connectivity index (χ4n) is 3.73. The lowest BCUT2D eigenvalue weighted by Crippen LogP contribution is -2.44. The van der Waals surface area contributed by atoms with Crippen LogP contribution in [0.25, 0.3) is 11.3 Å². The van der Waals surface area contributed by atoms with Gasteiger partial charge in [0.1, 0.15) is 5.69 Å². The molecule has 2 saturated heterocycles. The Balaban J connectivity index is 1.51. The third kappa shape index (κ3) is 2.63. The first kappa shape index (κ1) is 14.4. The Morgan fingerprint density at radius 1 is 1.09 bits per heavy atom. The van der Waals surface area contributed by atoms with E-state index in [0.717, 1.165) is 44.6 Å². The Kier molecular flexibility index (Phi) is 3.61. The zero-order valence-electron chi connectivity index (χ0n) is 13.1. The van der Waals surface area contributed by atoms with Crippen molar-refractivity contribution >= 4 is 5.91 Å². The van der Waals surface area contributed by atoms with Gasteiger partial charge in [0.15, 0.2) is 5.69 Å². The van der Waals surface area contributed by atoms with E-state index < -0.39 is 0 Å². The van der Waals surface area contributed by atoms with E-state index in [1.807, 2.05) is 35.2 Å². The molecule has 0 aliphatic carbocycles. The number of nitrogens with one attached hydrogen (secondary N) is 2. The highest BCUT2D eigenvalue weighted by atomic mass is 16.2. The maximum Gasteiger partial charge on any atom is 0.276 e. The number of nitrogens with zero attached hydrogens (tertiary/aromatic N) is 3. The summed E-state index contributed by atoms with van der Waals surface area (Å²) in [5.41, 5.74) is 2.39. The van der Waals surface area contributed by atoms with Crippen LogP contribution in [0.2, 0.25) is 0 Å². The Hall–Kier alpha value is -2.21. The van der Waals surface area contributed by atoms with Crippen LogP contribution in [-0.4, -0.2) is 52.4 Å². The monoisotopic (exact) mass is 311 g/mol. The van der Waals surface area contributed by atoms with Crippen LogP contribution < -0.4 is 5.32 Å². The number of rotatable bonds is 2. The van der Waals surface area contributed by atoms with Crippen LogP contribution in [0.15, 0.2) is 30.3 Å². The Morgan fingerprint density at radius 2 is 1.87 bits per heavy atom. The average Bonchev–Trinajstić information content (AvgIpc) is 3.26. The highest BCUT2D eigenvalue weighted by molar-refractivity contribution is 5.97. The molecule has 1 aromatic carbocycles. The van der Waals surface area contributed by atoms with Crippen molar-refractivity contribution in [1.82, 2.24) is 25.6 Å². The fourth-order valence-corrected chi connectivity index (χ4v) is 3.73. The summed E-state index contributed by atoms with van der Waals surface area (Å²) in [5, 5.41) is 14.4. The number of hydrogen-bond donors (Lipinski definition) is 2. The summed E-state index contributed by atoms with van der Waals surface area (Å²) in [6, 6.07) is 9.73. The molecule has 2 fully saturated rings. The number of carbonyl (C=O) groups is 1. The van der Waals surface area contributed by atoms with Gasteiger partial charge in [-0.2, -0.15) is 15.4 Å². The smallest absolute Gasteiger partial charge is 0.276 e. The molecule has 2 aliphatic rings. The van der Waals surface area contributed by atoms with Crippen LogP contribution in [0.4, 0.5) is 0 Å². The molecule has 23 heavy (non-hydrogen) atoms. The molecule has 0 saturated carbocycles. The molecular weight excluding hydrogens is 290 g/mol. The van der Waals surface area contributed by atoms with Gasteiger partial charge in [0.2, 0.25) is 0 Å². The number of piperidine rings is 1. The van der Waals surface area contributed by atoms with Gasteiger partial charge in [0.05, 0.1) is 0 Å². The molecule has 1 aromatic heterocycles. The predicted molar refractivity (Wildman–Crippen MR) is 86.9 cm³/mol. The van der Waals surface area contributed by atoms with E-state index in [1.54, 1.807) is 0 Å². The molecule has 6 nitrogen and oxygen atoms in total. The van der Waals surface area contributed by atoms with Gasteiger partial charge in [0.25, 0.3) is 5.91 Å². The van der Waals surface area contributed by atoms with E-state index in [-0.39, 0.29) is 5.91 Å². The van der Waals surface area contributed by atoms with E-state index in [0.29, 0.717) is 16.8 Å². The zero-order valence-corrected chi connectivity index (χ0v) is 13.1. The van der Waals surface area contributed by atoms with Crippen LogP contribution in [0.3, 0.4) is 0 Å². The molecule has 0 radical (unpaired) electrons. The van der Waals surface area contributed by atoms with Gasteiger partial charge in [-0.05, 0) is 31.2 Å². The van der Waals surface area contributed by atoms with Crippen LogP contribution in [0.1, 0.15) is 29.8 Å². The molecule has 0 bridgehead atoms. The van der Waals surface area contributed by atoms with E-state index >= 15 is 0 Å². The van der Waals surface area contributed by atoms with E-state index in [9.17, 15) is 4.79 Å². The molecule has 3 heterocycles. The molecule has 1 amide bonds. The largest absolute Gasteiger partial charge is 0.337 e. The van der Waals surface area contributed by atoms with Crippen molar-refractivity contribution in [3.63, 3.8) is 0 Å². The molecule has 0 unspecified atom stereocenters. The molecule has 2 aromatic rings. The maximum absolute atomic E-state index is 12.8. The topological polar surface area (TPSA) is 73.9 Å². The van der Waals surface area contributed by atoms with Crippen molar-refractivity contribution in [2.45, 2.75) is 19.3 Å². The number of aromatic nitrogens is 3. The van der Waals surface area contributed by atoms with Gasteiger partial charge in [-0.3, -0.25) is 4.79 Å². The first-order valence-electron chi connectivity index (χ1n) is 8.24. The molecule has 120 valence electrons. The highest BCUT2D eigenvalue weighted by Crippen LogP contribution is 2.37. The number of benzene rings is 1. The quantitative estimate of drug-likeness (QED) is 0.885. The minimum atomic E-state index is -0.0154. The molecule has 2 N–H and O–H groups in total. The molecule has 4 rings (SSSR count). The first-order chi connectivity index (χ1) is 11.3. The minimum Gasteiger partial charge on any atom is -0.337 e. The second kappa shape index (κ2) is 5.77. The van der Waals surface area contributed by atoms with Gasteiger partial charge in [0, 0.05) is 25.2 Å². The van der Waals surface area contributed by atoms with Gasteiger partial charge in [-0.1, -0.05) is 30.3 Å². The van der Waals surface area contributed by atoms with Crippen LogP contribution in [0, 0.1) is 5.41 Å². The number of H-pyrrole nitrogens is 1. The van der Waals surface area contributed by atoms with Gasteiger partial charge in [-0.25, -0.2) is 0 Å². The summed E-state index contributed by atoms with van der Waals surface area (Å²) in [7, 11) is 0. The summed E-state index contributed by atoms with van der Waals surface area (Å²) in [6.07, 6.45) is 3.38. The number of hydrogen-bond acceptors (Lipinski definition) is 4. The number of aromatic amines is 1. The molecule has 1 spiro atoms. The predicted octanol–water partition coefficient (Wildman–Crippen LogP) is 1.69. The summed E-state index contributed by atoms with van der Waals surface area (Å²) in [5.74, 6) is -0.0154. The van der Waals surface area contributed by atoms with Crippen LogP contribution in [0.5, 0.6) is 0 Å². The highest BCUT2D eigenvalue weighted by Gasteiger charge is 2.38. The first-order valence-corrected chi connectivity index (χ1v) is 8.24. The minimum absolute atomic E-state index is 0.0154. The average molecular weight is 311 g/mol. The van der Waals surface area contributed by atoms with E-state index in [2.05, 4.69) is 20.7 Å². The standard InChI is InChI=1S/C17H21N5O/c23-16(22-10-7-17(8-11-22)6-9-18-12-17)15-14(19-21-20-15)13-4-2-1-3-5-13/h1-5,18H,6-12H2,(H,19,20,21). The normalized spacial score (nSPS) is 20.1.